The molecule has 0 N–H and O–H groups in total. The van der Waals surface area contributed by atoms with E-state index in [1.165, 1.54) is 0 Å². The van der Waals surface area contributed by atoms with Crippen molar-refractivity contribution in [2.45, 2.75) is 0 Å². The third-order valence-electron chi connectivity index (χ3n) is 1.46. The minimum Gasteiger partial charge on any atom is -0.406 e. The molecule has 64 valence electrons. The number of nitrogens with zero attached hydrogens (tertiary/aromatic N) is 3. The van der Waals surface area contributed by atoms with Crippen molar-refractivity contribution < 1.29 is 24.6 Å². The minimum absolute atomic E-state index is 0. The van der Waals surface area contributed by atoms with Gasteiger partial charge in [-0.1, -0.05) is 5.16 Å². The van der Waals surface area contributed by atoms with Crippen LogP contribution in [0.5, 0.6) is 0 Å². The van der Waals surface area contributed by atoms with Crippen molar-refractivity contribution in [3.05, 3.63) is 24.7 Å². The van der Waals surface area contributed by atoms with Gasteiger partial charge in [-0.05, 0) is 7.05 Å². The Kier molecular flexibility index (Phi) is 2.95. The molecule has 0 saturated carbocycles. The molecule has 0 saturated heterocycles. The third kappa shape index (κ3) is 1.70. The van der Waals surface area contributed by atoms with Gasteiger partial charge >= 0.3 is 7.55 Å². The van der Waals surface area contributed by atoms with Gasteiger partial charge in [0.2, 0.25) is 0 Å². The van der Waals surface area contributed by atoms with Gasteiger partial charge < -0.3 is 14.1 Å². The first kappa shape index (κ1) is 9.35. The molecule has 4 nitrogen and oxygen atoms in total. The van der Waals surface area contributed by atoms with E-state index >= 15 is 0 Å². The molecule has 0 atom stereocenters. The fraction of sp³-hybridized carbons (Fsp3) is 0.167. The zero-order valence-electron chi connectivity index (χ0n) is 6.47. The largest absolute Gasteiger partial charge is 0.406 e. The molecule has 0 amide bonds. The quantitative estimate of drug-likeness (QED) is 0.695. The van der Waals surface area contributed by atoms with Gasteiger partial charge in [0.05, 0.1) is 0 Å². The maximum absolute atomic E-state index is 4.70. The fourth-order valence-corrected chi connectivity index (χ4v) is 0.925. The number of aromatic nitrogens is 1. The first-order chi connectivity index (χ1) is 5.36. The first-order valence-corrected chi connectivity index (χ1v) is 3.30. The average Bonchev–Trinajstić information content (AvgIpc) is 2.55. The zero-order chi connectivity index (χ0) is 7.68. The molecular weight excluding hydrogens is 333 g/mol. The molecule has 6 heteroatoms. The molecule has 1 aliphatic rings. The summed E-state index contributed by atoms with van der Waals surface area (Å²) in [5, 5.41) is 3.77. The van der Waals surface area contributed by atoms with Crippen LogP contribution in [-0.4, -0.2) is 24.6 Å². The molecule has 0 aromatic carbocycles. The maximum atomic E-state index is 4.70. The molecule has 2 radical (unpaired) electrons. The van der Waals surface area contributed by atoms with E-state index in [0.29, 0.717) is 0 Å². The smallest absolute Gasteiger partial charge is 0.396 e. The van der Waals surface area contributed by atoms with E-state index in [9.17, 15) is 0 Å². The van der Waals surface area contributed by atoms with Crippen LogP contribution in [0.25, 0.3) is 0 Å². The molecule has 0 aliphatic carbocycles. The van der Waals surface area contributed by atoms with Crippen LogP contribution in [-0.2, 0) is 20.1 Å². The first-order valence-electron chi connectivity index (χ1n) is 3.30. The Bertz CT molecular complexity index is 264. The van der Waals surface area contributed by atoms with E-state index in [4.69, 9.17) is 4.52 Å². The number of hydrogen-bond acceptors (Lipinski definition) is 4. The van der Waals surface area contributed by atoms with E-state index in [2.05, 4.69) is 5.16 Å². The van der Waals surface area contributed by atoms with Gasteiger partial charge in [0.1, 0.15) is 6.26 Å². The van der Waals surface area contributed by atoms with Crippen LogP contribution in [0.3, 0.4) is 0 Å². The fourth-order valence-electron chi connectivity index (χ4n) is 0.925. The van der Waals surface area contributed by atoms with Gasteiger partial charge in [-0.25, -0.2) is 0 Å². The molecule has 0 fully saturated rings. The summed E-state index contributed by atoms with van der Waals surface area (Å²) in [6.07, 6.45) is 5.40. The summed E-state index contributed by atoms with van der Waals surface area (Å²) in [4.78, 5) is 3.82. The summed E-state index contributed by atoms with van der Waals surface area (Å²) < 4.78 is 4.70. The molecular formula is C6H7BIrN3O. The van der Waals surface area contributed by atoms with Crippen molar-refractivity contribution in [2.24, 2.45) is 0 Å². The summed E-state index contributed by atoms with van der Waals surface area (Å²) in [6.45, 7) is 0. The molecule has 0 spiro atoms. The number of rotatable bonds is 1. The van der Waals surface area contributed by atoms with Gasteiger partial charge in [0.15, 0.2) is 5.82 Å². The predicted molar refractivity (Wildman–Crippen MR) is 41.6 cm³/mol. The zero-order valence-corrected chi connectivity index (χ0v) is 8.87. The Morgan fingerprint density at radius 2 is 2.33 bits per heavy atom. The van der Waals surface area contributed by atoms with E-state index in [1.807, 2.05) is 36.6 Å². The predicted octanol–water partition coefficient (Wildman–Crippen LogP) is 0.429. The SMILES string of the molecule is CN1[B]N(c2ccon2)C=C1.[Ir]. The van der Waals surface area contributed by atoms with Crippen LogP contribution in [0.15, 0.2) is 29.3 Å². The molecule has 1 aromatic heterocycles. The Hall–Kier alpha value is -0.736. The minimum atomic E-state index is 0. The maximum Gasteiger partial charge on any atom is 0.396 e. The summed E-state index contributed by atoms with van der Waals surface area (Å²) >= 11 is 0. The van der Waals surface area contributed by atoms with Crippen molar-refractivity contribution in [2.75, 3.05) is 11.9 Å². The number of hydrogen-bond donors (Lipinski definition) is 0. The molecule has 0 bridgehead atoms. The Morgan fingerprint density at radius 3 is 2.83 bits per heavy atom. The normalized spacial score (nSPS) is 14.4. The van der Waals surface area contributed by atoms with Crippen molar-refractivity contribution in [1.29, 1.82) is 0 Å². The molecule has 0 unspecified atom stereocenters. The second kappa shape index (κ2) is 3.78. The Labute approximate surface area is 84.8 Å². The van der Waals surface area contributed by atoms with E-state index in [-0.39, 0.29) is 20.1 Å². The molecule has 1 aliphatic heterocycles. The van der Waals surface area contributed by atoms with Crippen LogP contribution >= 0.6 is 0 Å². The van der Waals surface area contributed by atoms with Crippen LogP contribution < -0.4 is 4.81 Å². The van der Waals surface area contributed by atoms with Crippen molar-refractivity contribution in [3.63, 3.8) is 0 Å². The number of anilines is 1. The molecule has 2 heterocycles. The van der Waals surface area contributed by atoms with Gasteiger partial charge in [-0.15, -0.1) is 0 Å². The van der Waals surface area contributed by atoms with Gasteiger partial charge in [-0.2, -0.15) is 0 Å². The monoisotopic (exact) mass is 341 g/mol. The summed E-state index contributed by atoms with van der Waals surface area (Å²) in [7, 11) is 3.87. The van der Waals surface area contributed by atoms with Gasteiger partial charge in [0, 0.05) is 38.6 Å². The average molecular weight is 340 g/mol. The van der Waals surface area contributed by atoms with Gasteiger partial charge in [-0.3, -0.25) is 0 Å². The van der Waals surface area contributed by atoms with Crippen molar-refractivity contribution >= 4 is 13.4 Å². The Balaban J connectivity index is 0.000000720. The second-order valence-electron chi connectivity index (χ2n) is 2.34. The van der Waals surface area contributed by atoms with Crippen LogP contribution in [0.2, 0.25) is 0 Å². The summed E-state index contributed by atoms with van der Waals surface area (Å²) in [6, 6.07) is 1.81. The van der Waals surface area contributed by atoms with Gasteiger partial charge in [0.25, 0.3) is 0 Å². The molecule has 1 aromatic rings. The Morgan fingerprint density at radius 1 is 1.50 bits per heavy atom. The van der Waals surface area contributed by atoms with Crippen molar-refractivity contribution in [1.82, 2.24) is 9.97 Å². The van der Waals surface area contributed by atoms with Crippen LogP contribution in [0, 0.1) is 0 Å². The molecule has 12 heavy (non-hydrogen) atoms. The summed E-state index contributed by atoms with van der Waals surface area (Å²) in [5.41, 5.74) is 0. The summed E-state index contributed by atoms with van der Waals surface area (Å²) in [5.74, 6) is 0.797. The van der Waals surface area contributed by atoms with E-state index in [1.54, 1.807) is 12.3 Å². The standard InChI is InChI=1S/C6H7BN3O.Ir/c1-9-3-4-10(7-9)6-2-5-11-8-6;/h2-5H,1H3;. The van der Waals surface area contributed by atoms with E-state index in [0.717, 1.165) is 5.82 Å². The van der Waals surface area contributed by atoms with Crippen molar-refractivity contribution in [3.8, 4) is 0 Å². The second-order valence-corrected chi connectivity index (χ2v) is 2.34. The van der Waals surface area contributed by atoms with Crippen LogP contribution in [0.1, 0.15) is 0 Å². The third-order valence-corrected chi connectivity index (χ3v) is 1.46. The molecule has 2 rings (SSSR count). The van der Waals surface area contributed by atoms with Crippen LogP contribution in [0.4, 0.5) is 5.82 Å². The topological polar surface area (TPSA) is 32.5 Å². The van der Waals surface area contributed by atoms with E-state index < -0.39 is 0 Å².